The largest absolute Gasteiger partial charge is 0.322 e. The molecule has 4 aromatic rings. The van der Waals surface area contributed by atoms with Crippen molar-refractivity contribution in [1.29, 1.82) is 0 Å². The first-order chi connectivity index (χ1) is 13.5. The van der Waals surface area contributed by atoms with Gasteiger partial charge in [-0.25, -0.2) is 4.98 Å². The van der Waals surface area contributed by atoms with E-state index in [9.17, 15) is 4.79 Å². The smallest absolute Gasteiger partial charge is 0.231 e. The van der Waals surface area contributed by atoms with Crippen molar-refractivity contribution in [3.05, 3.63) is 53.0 Å². The zero-order valence-corrected chi connectivity index (χ0v) is 16.0. The van der Waals surface area contributed by atoms with E-state index in [0.717, 1.165) is 40.1 Å². The number of para-hydroxylation sites is 2. The molecule has 0 saturated carbocycles. The highest BCUT2D eigenvalue weighted by Gasteiger charge is 2.34. The average molecular weight is 375 g/mol. The summed E-state index contributed by atoms with van der Waals surface area (Å²) in [4.78, 5) is 20.5. The van der Waals surface area contributed by atoms with E-state index in [-0.39, 0.29) is 11.8 Å². The number of H-pyrrole nitrogens is 1. The average Bonchev–Trinajstić information content (AvgIpc) is 3.36. The van der Waals surface area contributed by atoms with Crippen LogP contribution in [0, 0.1) is 13.8 Å². The number of aryl methyl sites for hydroxylation is 3. The zero-order chi connectivity index (χ0) is 19.4. The Morgan fingerprint density at radius 1 is 1.18 bits per heavy atom. The van der Waals surface area contributed by atoms with E-state index in [1.54, 1.807) is 4.68 Å². The Labute approximate surface area is 161 Å². The molecular formula is C20H21N7O. The zero-order valence-electron chi connectivity index (χ0n) is 16.0. The molecule has 0 bridgehead atoms. The Hall–Kier alpha value is -3.42. The van der Waals surface area contributed by atoms with Crippen molar-refractivity contribution < 1.29 is 4.79 Å². The van der Waals surface area contributed by atoms with Crippen LogP contribution in [-0.2, 0) is 11.3 Å². The predicted molar refractivity (Wildman–Crippen MR) is 106 cm³/mol. The Kier molecular flexibility index (Phi) is 3.61. The van der Waals surface area contributed by atoms with Crippen LogP contribution in [-0.4, -0.2) is 35.4 Å². The number of aromatic amines is 1. The number of carbonyl (C=O) groups excluding carboxylic acids is 1. The van der Waals surface area contributed by atoms with Gasteiger partial charge in [0.25, 0.3) is 0 Å². The van der Waals surface area contributed by atoms with Crippen LogP contribution in [0.4, 0.5) is 5.82 Å². The van der Waals surface area contributed by atoms with Gasteiger partial charge in [0, 0.05) is 36.2 Å². The number of benzene rings is 1. The molecule has 0 spiro atoms. The van der Waals surface area contributed by atoms with E-state index >= 15 is 0 Å². The lowest BCUT2D eigenvalue weighted by atomic mass is 9.86. The van der Waals surface area contributed by atoms with Gasteiger partial charge in [0.05, 0.1) is 22.4 Å². The molecule has 2 N–H and O–H groups in total. The second-order valence-corrected chi connectivity index (χ2v) is 7.17. The van der Waals surface area contributed by atoms with Gasteiger partial charge in [0.15, 0.2) is 0 Å². The highest BCUT2D eigenvalue weighted by Crippen LogP contribution is 2.40. The third-order valence-electron chi connectivity index (χ3n) is 5.36. The number of aromatic nitrogens is 6. The first kappa shape index (κ1) is 16.7. The molecule has 8 heteroatoms. The van der Waals surface area contributed by atoms with Gasteiger partial charge in [-0.15, -0.1) is 0 Å². The Morgan fingerprint density at radius 2 is 2.00 bits per heavy atom. The molecule has 3 aromatic heterocycles. The molecule has 1 aliphatic rings. The normalized spacial score (nSPS) is 16.4. The third-order valence-corrected chi connectivity index (χ3v) is 5.36. The molecule has 5 rings (SSSR count). The first-order valence-electron chi connectivity index (χ1n) is 9.43. The molecule has 1 aromatic carbocycles. The van der Waals surface area contributed by atoms with E-state index in [4.69, 9.17) is 5.10 Å². The van der Waals surface area contributed by atoms with Crippen molar-refractivity contribution in [2.75, 3.05) is 5.32 Å². The fraction of sp³-hybridized carbons (Fsp3) is 0.300. The van der Waals surface area contributed by atoms with Crippen molar-refractivity contribution in [3.63, 3.8) is 0 Å². The third kappa shape index (κ3) is 2.45. The first-order valence-corrected chi connectivity index (χ1v) is 9.43. The van der Waals surface area contributed by atoms with Crippen molar-refractivity contribution in [1.82, 2.24) is 29.5 Å². The van der Waals surface area contributed by atoms with E-state index in [1.807, 2.05) is 49.0 Å². The lowest BCUT2D eigenvalue weighted by Gasteiger charge is -2.23. The molecule has 0 aliphatic carbocycles. The topological polar surface area (TPSA) is 93.4 Å². The SMILES string of the molecule is CCn1cc([C@H]2CC(=O)Nc3c2c(C)nn3-c2nc3ccccc3[nH]2)c(C)n1. The van der Waals surface area contributed by atoms with Crippen molar-refractivity contribution >= 4 is 22.8 Å². The van der Waals surface area contributed by atoms with Gasteiger partial charge < -0.3 is 10.3 Å². The number of rotatable bonds is 3. The monoisotopic (exact) mass is 375 g/mol. The maximum absolute atomic E-state index is 12.6. The Bertz CT molecular complexity index is 1180. The van der Waals surface area contributed by atoms with Crippen LogP contribution in [0.15, 0.2) is 30.5 Å². The van der Waals surface area contributed by atoms with E-state index in [2.05, 4.69) is 27.3 Å². The number of carbonyl (C=O) groups is 1. The number of hydrogen-bond donors (Lipinski definition) is 2. The molecule has 4 heterocycles. The summed E-state index contributed by atoms with van der Waals surface area (Å²) in [7, 11) is 0. The van der Waals surface area contributed by atoms with Crippen LogP contribution in [0.25, 0.3) is 17.0 Å². The molecule has 1 aliphatic heterocycles. The number of anilines is 1. The van der Waals surface area contributed by atoms with E-state index in [1.165, 1.54) is 0 Å². The number of nitrogens with one attached hydrogen (secondary N) is 2. The van der Waals surface area contributed by atoms with Gasteiger partial charge in [0.1, 0.15) is 5.82 Å². The van der Waals surface area contributed by atoms with Gasteiger partial charge in [0.2, 0.25) is 11.9 Å². The molecule has 8 nitrogen and oxygen atoms in total. The lowest BCUT2D eigenvalue weighted by Crippen LogP contribution is -2.25. The Balaban J connectivity index is 1.68. The molecule has 1 atom stereocenters. The fourth-order valence-corrected chi connectivity index (χ4v) is 4.04. The lowest BCUT2D eigenvalue weighted by molar-refractivity contribution is -0.116. The van der Waals surface area contributed by atoms with Gasteiger partial charge in [-0.2, -0.15) is 14.9 Å². The van der Waals surface area contributed by atoms with Crippen molar-refractivity contribution in [2.24, 2.45) is 0 Å². The fourth-order valence-electron chi connectivity index (χ4n) is 4.04. The summed E-state index contributed by atoms with van der Waals surface area (Å²) in [5.74, 6) is 1.18. The summed E-state index contributed by atoms with van der Waals surface area (Å²) < 4.78 is 3.62. The predicted octanol–water partition coefficient (Wildman–Crippen LogP) is 3.06. The minimum atomic E-state index is -0.0674. The quantitative estimate of drug-likeness (QED) is 0.575. The van der Waals surface area contributed by atoms with Crippen molar-refractivity contribution in [3.8, 4) is 5.95 Å². The number of hydrogen-bond acceptors (Lipinski definition) is 4. The van der Waals surface area contributed by atoms with Gasteiger partial charge in [-0.1, -0.05) is 12.1 Å². The molecule has 142 valence electrons. The summed E-state index contributed by atoms with van der Waals surface area (Å²) in [5.41, 5.74) is 5.72. The second kappa shape index (κ2) is 6.05. The van der Waals surface area contributed by atoms with Gasteiger partial charge in [-0.3, -0.25) is 9.48 Å². The number of nitrogens with zero attached hydrogens (tertiary/aromatic N) is 5. The maximum atomic E-state index is 12.6. The van der Waals surface area contributed by atoms with Crippen LogP contribution >= 0.6 is 0 Å². The molecule has 1 amide bonds. The summed E-state index contributed by atoms with van der Waals surface area (Å²) in [5, 5.41) is 12.3. The summed E-state index contributed by atoms with van der Waals surface area (Å²) in [6.45, 7) is 6.82. The minimum absolute atomic E-state index is 0.0293. The summed E-state index contributed by atoms with van der Waals surface area (Å²) in [6, 6.07) is 7.82. The molecular weight excluding hydrogens is 354 g/mol. The van der Waals surface area contributed by atoms with Gasteiger partial charge in [-0.05, 0) is 32.9 Å². The number of amides is 1. The standard InChI is InChI=1S/C20H21N7O/c1-4-26-10-14(11(2)24-26)13-9-17(28)23-19-18(13)12(3)25-27(19)20-21-15-7-5-6-8-16(15)22-20/h5-8,10,13H,4,9H2,1-3H3,(H,21,22)(H,23,28)/t13-/m1/s1. The number of fused-ring (bicyclic) bond motifs is 2. The van der Waals surface area contributed by atoms with Crippen LogP contribution in [0.2, 0.25) is 0 Å². The van der Waals surface area contributed by atoms with Crippen molar-refractivity contribution in [2.45, 2.75) is 39.7 Å². The van der Waals surface area contributed by atoms with E-state index < -0.39 is 0 Å². The van der Waals surface area contributed by atoms with Crippen LogP contribution in [0.1, 0.15) is 41.8 Å². The number of imidazole rings is 1. The second-order valence-electron chi connectivity index (χ2n) is 7.17. The van der Waals surface area contributed by atoms with Crippen LogP contribution < -0.4 is 5.32 Å². The highest BCUT2D eigenvalue weighted by molar-refractivity contribution is 5.95. The summed E-state index contributed by atoms with van der Waals surface area (Å²) in [6.07, 6.45) is 2.43. The van der Waals surface area contributed by atoms with E-state index in [0.29, 0.717) is 18.2 Å². The maximum Gasteiger partial charge on any atom is 0.231 e. The molecule has 0 radical (unpaired) electrons. The minimum Gasteiger partial charge on any atom is -0.322 e. The summed E-state index contributed by atoms with van der Waals surface area (Å²) >= 11 is 0. The van der Waals surface area contributed by atoms with Gasteiger partial charge >= 0.3 is 0 Å². The van der Waals surface area contributed by atoms with Crippen LogP contribution in [0.3, 0.4) is 0 Å². The molecule has 0 saturated heterocycles. The molecule has 28 heavy (non-hydrogen) atoms. The highest BCUT2D eigenvalue weighted by atomic mass is 16.1. The van der Waals surface area contributed by atoms with Crippen LogP contribution in [0.5, 0.6) is 0 Å². The Morgan fingerprint density at radius 3 is 2.75 bits per heavy atom. The molecule has 0 unspecified atom stereocenters. The molecule has 0 fully saturated rings.